The van der Waals surface area contributed by atoms with Gasteiger partial charge in [-0.1, -0.05) is 56.6 Å². The fraction of sp³-hybridized carbons (Fsp3) is 0.200. The number of benzene rings is 3. The molecule has 0 unspecified atom stereocenters. The van der Waals surface area contributed by atoms with Gasteiger partial charge in [-0.2, -0.15) is 5.10 Å². The van der Waals surface area contributed by atoms with Gasteiger partial charge in [0, 0.05) is 10.6 Å². The molecule has 0 aromatic heterocycles. The maximum atomic E-state index is 12.0. The third-order valence-corrected chi connectivity index (χ3v) is 4.84. The lowest BCUT2D eigenvalue weighted by Crippen LogP contribution is -2.17. The Hall–Kier alpha value is -3.11. The van der Waals surface area contributed by atoms with Crippen molar-refractivity contribution < 1.29 is 9.53 Å². The summed E-state index contributed by atoms with van der Waals surface area (Å²) in [6.07, 6.45) is 1.59. The summed E-state index contributed by atoms with van der Waals surface area (Å²) in [5.41, 5.74) is 6.42. The molecular formula is C25H25ClN2O2. The SMILES string of the molecule is CC(C)(C)c1ccc(COc2ccc(/C=N/NC(=O)c3ccc(Cl)cc3)cc2)cc1. The van der Waals surface area contributed by atoms with Crippen LogP contribution in [0.25, 0.3) is 0 Å². The van der Waals surface area contributed by atoms with Crippen molar-refractivity contribution >= 4 is 23.7 Å². The van der Waals surface area contributed by atoms with Gasteiger partial charge in [0.1, 0.15) is 12.4 Å². The van der Waals surface area contributed by atoms with E-state index in [1.54, 1.807) is 30.5 Å². The van der Waals surface area contributed by atoms with Crippen LogP contribution in [0.2, 0.25) is 5.02 Å². The van der Waals surface area contributed by atoms with Gasteiger partial charge in [-0.25, -0.2) is 5.43 Å². The molecule has 0 spiro atoms. The molecule has 1 N–H and O–H groups in total. The molecule has 0 bridgehead atoms. The highest BCUT2D eigenvalue weighted by molar-refractivity contribution is 6.30. The Morgan fingerprint density at radius 3 is 2.20 bits per heavy atom. The molecule has 0 fully saturated rings. The third kappa shape index (κ3) is 6.19. The fourth-order valence-electron chi connectivity index (χ4n) is 2.75. The van der Waals surface area contributed by atoms with Crippen LogP contribution in [0.4, 0.5) is 0 Å². The van der Waals surface area contributed by atoms with E-state index < -0.39 is 0 Å². The van der Waals surface area contributed by atoms with Crippen LogP contribution in [0.1, 0.15) is 47.8 Å². The van der Waals surface area contributed by atoms with Gasteiger partial charge in [-0.05, 0) is 70.6 Å². The molecule has 0 heterocycles. The van der Waals surface area contributed by atoms with E-state index in [1.807, 2.05) is 24.3 Å². The summed E-state index contributed by atoms with van der Waals surface area (Å²) in [5.74, 6) is 0.484. The average molecular weight is 421 g/mol. The number of hydrogen-bond donors (Lipinski definition) is 1. The minimum Gasteiger partial charge on any atom is -0.489 e. The molecule has 30 heavy (non-hydrogen) atoms. The van der Waals surface area contributed by atoms with Crippen molar-refractivity contribution in [2.75, 3.05) is 0 Å². The zero-order chi connectivity index (χ0) is 21.6. The van der Waals surface area contributed by atoms with Crippen LogP contribution in [-0.2, 0) is 12.0 Å². The van der Waals surface area contributed by atoms with E-state index in [9.17, 15) is 4.79 Å². The number of carbonyl (C=O) groups excluding carboxylic acids is 1. The lowest BCUT2D eigenvalue weighted by atomic mass is 9.87. The third-order valence-electron chi connectivity index (χ3n) is 4.59. The molecule has 4 nitrogen and oxygen atoms in total. The van der Waals surface area contributed by atoms with Crippen LogP contribution < -0.4 is 10.2 Å². The standard InChI is InChI=1S/C25H25ClN2O2/c1-25(2,3)21-10-4-19(5-11-21)17-30-23-14-6-18(7-15-23)16-27-28-24(29)20-8-12-22(26)13-9-20/h4-16H,17H2,1-3H3,(H,28,29)/b27-16+. The Morgan fingerprint density at radius 1 is 0.967 bits per heavy atom. The van der Waals surface area contributed by atoms with Crippen LogP contribution in [-0.4, -0.2) is 12.1 Å². The molecule has 0 radical (unpaired) electrons. The number of rotatable bonds is 6. The maximum Gasteiger partial charge on any atom is 0.271 e. The lowest BCUT2D eigenvalue weighted by molar-refractivity contribution is 0.0955. The van der Waals surface area contributed by atoms with E-state index in [0.717, 1.165) is 16.9 Å². The van der Waals surface area contributed by atoms with Crippen molar-refractivity contribution in [3.63, 3.8) is 0 Å². The van der Waals surface area contributed by atoms with Crippen molar-refractivity contribution in [3.8, 4) is 5.75 Å². The second-order valence-electron chi connectivity index (χ2n) is 8.01. The first kappa shape index (κ1) is 21.6. The van der Waals surface area contributed by atoms with Gasteiger partial charge in [0.25, 0.3) is 5.91 Å². The van der Waals surface area contributed by atoms with Gasteiger partial charge < -0.3 is 4.74 Å². The van der Waals surface area contributed by atoms with Crippen LogP contribution in [0, 0.1) is 0 Å². The predicted molar refractivity (Wildman–Crippen MR) is 122 cm³/mol. The van der Waals surface area contributed by atoms with Gasteiger partial charge >= 0.3 is 0 Å². The second kappa shape index (κ2) is 9.59. The number of nitrogens with one attached hydrogen (secondary N) is 1. The van der Waals surface area contributed by atoms with E-state index in [1.165, 1.54) is 5.56 Å². The summed E-state index contributed by atoms with van der Waals surface area (Å²) in [6.45, 7) is 7.11. The summed E-state index contributed by atoms with van der Waals surface area (Å²) in [7, 11) is 0. The Morgan fingerprint density at radius 2 is 1.60 bits per heavy atom. The van der Waals surface area contributed by atoms with Crippen molar-refractivity contribution in [1.29, 1.82) is 0 Å². The van der Waals surface area contributed by atoms with Gasteiger partial charge in [-0.15, -0.1) is 0 Å². The number of carbonyl (C=O) groups is 1. The molecule has 3 aromatic rings. The minimum atomic E-state index is -0.291. The van der Waals surface area contributed by atoms with E-state index in [0.29, 0.717) is 17.2 Å². The Bertz CT molecular complexity index is 1000. The summed E-state index contributed by atoms with van der Waals surface area (Å²) in [5, 5.41) is 4.58. The molecule has 0 atom stereocenters. The molecule has 0 aliphatic rings. The van der Waals surface area contributed by atoms with Crippen molar-refractivity contribution in [2.24, 2.45) is 5.10 Å². The molecule has 0 saturated carbocycles. The first-order valence-electron chi connectivity index (χ1n) is 9.72. The van der Waals surface area contributed by atoms with Crippen molar-refractivity contribution in [3.05, 3.63) is 100 Å². The number of nitrogens with zero attached hydrogens (tertiary/aromatic N) is 1. The molecule has 154 valence electrons. The monoisotopic (exact) mass is 420 g/mol. The highest BCUT2D eigenvalue weighted by atomic mass is 35.5. The van der Waals surface area contributed by atoms with E-state index in [2.05, 4.69) is 55.6 Å². The number of hydrogen-bond acceptors (Lipinski definition) is 3. The zero-order valence-corrected chi connectivity index (χ0v) is 18.1. The first-order valence-corrected chi connectivity index (χ1v) is 10.1. The second-order valence-corrected chi connectivity index (χ2v) is 8.45. The lowest BCUT2D eigenvalue weighted by Gasteiger charge is -2.19. The van der Waals surface area contributed by atoms with Crippen LogP contribution in [0.5, 0.6) is 5.75 Å². The Balaban J connectivity index is 1.50. The minimum absolute atomic E-state index is 0.144. The van der Waals surface area contributed by atoms with Gasteiger partial charge in [0.15, 0.2) is 0 Å². The van der Waals surface area contributed by atoms with Crippen molar-refractivity contribution in [2.45, 2.75) is 32.8 Å². The normalized spacial score (nSPS) is 11.5. The van der Waals surface area contributed by atoms with Crippen LogP contribution in [0.3, 0.4) is 0 Å². The highest BCUT2D eigenvalue weighted by Crippen LogP contribution is 2.22. The predicted octanol–water partition coefficient (Wildman–Crippen LogP) is 5.98. The fourth-order valence-corrected chi connectivity index (χ4v) is 2.87. The van der Waals surface area contributed by atoms with E-state index in [4.69, 9.17) is 16.3 Å². The summed E-state index contributed by atoms with van der Waals surface area (Å²) in [4.78, 5) is 12.0. The summed E-state index contributed by atoms with van der Waals surface area (Å²) in [6, 6.07) is 22.7. The molecule has 1 amide bonds. The molecule has 0 saturated heterocycles. The molecule has 3 rings (SSSR count). The number of ether oxygens (including phenoxy) is 1. The topological polar surface area (TPSA) is 50.7 Å². The van der Waals surface area contributed by atoms with Gasteiger partial charge in [0.2, 0.25) is 0 Å². The summed E-state index contributed by atoms with van der Waals surface area (Å²) < 4.78 is 5.86. The quantitative estimate of drug-likeness (QED) is 0.394. The number of amides is 1. The molecular weight excluding hydrogens is 396 g/mol. The highest BCUT2D eigenvalue weighted by Gasteiger charge is 2.12. The first-order chi connectivity index (χ1) is 14.3. The zero-order valence-electron chi connectivity index (χ0n) is 17.4. The largest absolute Gasteiger partial charge is 0.489 e. The Kier molecular flexibility index (Phi) is 6.91. The molecule has 0 aliphatic carbocycles. The van der Waals surface area contributed by atoms with Crippen molar-refractivity contribution in [1.82, 2.24) is 5.43 Å². The summed E-state index contributed by atoms with van der Waals surface area (Å²) >= 11 is 5.82. The van der Waals surface area contributed by atoms with Gasteiger partial charge in [0.05, 0.1) is 6.21 Å². The van der Waals surface area contributed by atoms with Gasteiger partial charge in [-0.3, -0.25) is 4.79 Å². The number of halogens is 1. The molecule has 3 aromatic carbocycles. The smallest absolute Gasteiger partial charge is 0.271 e. The maximum absolute atomic E-state index is 12.0. The van der Waals surface area contributed by atoms with E-state index >= 15 is 0 Å². The molecule has 0 aliphatic heterocycles. The van der Waals surface area contributed by atoms with Crippen LogP contribution >= 0.6 is 11.6 Å². The van der Waals surface area contributed by atoms with Crippen LogP contribution in [0.15, 0.2) is 77.9 Å². The molecule has 5 heteroatoms. The van der Waals surface area contributed by atoms with E-state index in [-0.39, 0.29) is 11.3 Å². The average Bonchev–Trinajstić information content (AvgIpc) is 2.73. The number of hydrazone groups is 1. The Labute approximate surface area is 182 Å².